The van der Waals surface area contributed by atoms with Gasteiger partial charge in [0.15, 0.2) is 0 Å². The van der Waals surface area contributed by atoms with Crippen LogP contribution in [0.15, 0.2) is 18.2 Å². The van der Waals surface area contributed by atoms with Crippen molar-refractivity contribution in [3.63, 3.8) is 0 Å². The van der Waals surface area contributed by atoms with E-state index in [1.807, 2.05) is 6.07 Å². The van der Waals surface area contributed by atoms with Crippen molar-refractivity contribution in [3.05, 3.63) is 35.0 Å². The number of rotatable bonds is 1. The van der Waals surface area contributed by atoms with Crippen molar-refractivity contribution in [1.82, 2.24) is 4.98 Å². The number of carboxylic acid groups (broad SMARTS) is 1. The lowest BCUT2D eigenvalue weighted by molar-refractivity contribution is 0.0699. The Hall–Kier alpha value is -1.77. The molecule has 0 amide bonds. The van der Waals surface area contributed by atoms with Crippen LogP contribution in [0.3, 0.4) is 0 Å². The molecule has 0 saturated carbocycles. The maximum absolute atomic E-state index is 11.2. The summed E-state index contributed by atoms with van der Waals surface area (Å²) in [6.45, 7) is 0. The van der Waals surface area contributed by atoms with Gasteiger partial charge >= 0.3 is 5.97 Å². The SMILES string of the molecule is O=C(O)c1cccc2[nH]c3c(c12)CCCC3. The molecule has 0 radical (unpaired) electrons. The molecule has 3 nitrogen and oxygen atoms in total. The standard InChI is InChI=1S/C13H13NO2/c15-13(16)9-5-3-7-11-12(9)8-4-1-2-6-10(8)14-11/h3,5,7,14H,1-2,4,6H2,(H,15,16). The van der Waals surface area contributed by atoms with E-state index in [9.17, 15) is 9.90 Å². The number of carboxylic acids is 1. The minimum atomic E-state index is -0.835. The Morgan fingerprint density at radius 2 is 2.06 bits per heavy atom. The number of hydrogen-bond donors (Lipinski definition) is 2. The van der Waals surface area contributed by atoms with Gasteiger partial charge in [-0.2, -0.15) is 0 Å². The first-order valence-corrected chi connectivity index (χ1v) is 5.63. The lowest BCUT2D eigenvalue weighted by Crippen LogP contribution is -2.02. The van der Waals surface area contributed by atoms with Gasteiger partial charge in [0, 0.05) is 16.6 Å². The normalized spacial score (nSPS) is 15.0. The van der Waals surface area contributed by atoms with E-state index in [1.54, 1.807) is 12.1 Å². The maximum Gasteiger partial charge on any atom is 0.336 e. The quantitative estimate of drug-likeness (QED) is 0.768. The Morgan fingerprint density at radius 3 is 2.88 bits per heavy atom. The number of aryl methyl sites for hydroxylation is 2. The topological polar surface area (TPSA) is 53.1 Å². The van der Waals surface area contributed by atoms with Gasteiger partial charge in [0.05, 0.1) is 5.56 Å². The highest BCUT2D eigenvalue weighted by molar-refractivity contribution is 6.04. The molecule has 1 aromatic carbocycles. The molecule has 0 fully saturated rings. The van der Waals surface area contributed by atoms with E-state index >= 15 is 0 Å². The van der Waals surface area contributed by atoms with Crippen molar-refractivity contribution < 1.29 is 9.90 Å². The molecular formula is C13H13NO2. The van der Waals surface area contributed by atoms with E-state index in [-0.39, 0.29) is 0 Å². The van der Waals surface area contributed by atoms with Gasteiger partial charge in [0.1, 0.15) is 0 Å². The van der Waals surface area contributed by atoms with Crippen LogP contribution in [0.1, 0.15) is 34.5 Å². The van der Waals surface area contributed by atoms with Crippen LogP contribution in [0.5, 0.6) is 0 Å². The molecule has 82 valence electrons. The summed E-state index contributed by atoms with van der Waals surface area (Å²) in [5.41, 5.74) is 3.85. The molecule has 0 bridgehead atoms. The number of aromatic carboxylic acids is 1. The first-order chi connectivity index (χ1) is 7.77. The van der Waals surface area contributed by atoms with E-state index in [4.69, 9.17) is 0 Å². The van der Waals surface area contributed by atoms with E-state index in [2.05, 4.69) is 4.98 Å². The van der Waals surface area contributed by atoms with Gasteiger partial charge in [-0.1, -0.05) is 6.07 Å². The van der Waals surface area contributed by atoms with E-state index < -0.39 is 5.97 Å². The number of nitrogens with one attached hydrogen (secondary N) is 1. The van der Waals surface area contributed by atoms with E-state index in [0.29, 0.717) is 5.56 Å². The van der Waals surface area contributed by atoms with Crippen molar-refractivity contribution in [3.8, 4) is 0 Å². The minimum Gasteiger partial charge on any atom is -0.478 e. The zero-order chi connectivity index (χ0) is 11.1. The molecule has 2 aromatic rings. The van der Waals surface area contributed by atoms with Crippen LogP contribution in [-0.2, 0) is 12.8 Å². The Balaban J connectivity index is 2.36. The molecule has 0 unspecified atom stereocenters. The molecule has 0 spiro atoms. The van der Waals surface area contributed by atoms with Gasteiger partial charge in [-0.15, -0.1) is 0 Å². The molecule has 1 heterocycles. The molecule has 16 heavy (non-hydrogen) atoms. The molecule has 2 N–H and O–H groups in total. The van der Waals surface area contributed by atoms with Gasteiger partial charge in [-0.25, -0.2) is 4.79 Å². The molecule has 3 rings (SSSR count). The fourth-order valence-electron chi connectivity index (χ4n) is 2.64. The largest absolute Gasteiger partial charge is 0.478 e. The molecule has 0 aliphatic heterocycles. The third kappa shape index (κ3) is 1.24. The summed E-state index contributed by atoms with van der Waals surface area (Å²) in [4.78, 5) is 14.5. The average molecular weight is 215 g/mol. The molecule has 1 aliphatic carbocycles. The summed E-state index contributed by atoms with van der Waals surface area (Å²) in [7, 11) is 0. The van der Waals surface area contributed by atoms with Gasteiger partial charge in [0.2, 0.25) is 0 Å². The van der Waals surface area contributed by atoms with Crippen molar-refractivity contribution in [2.75, 3.05) is 0 Å². The second-order valence-corrected chi connectivity index (χ2v) is 4.32. The van der Waals surface area contributed by atoms with E-state index in [0.717, 1.165) is 30.2 Å². The predicted molar refractivity (Wildman–Crippen MR) is 61.9 cm³/mol. The Labute approximate surface area is 93.1 Å². The summed E-state index contributed by atoms with van der Waals surface area (Å²) in [6.07, 6.45) is 4.40. The van der Waals surface area contributed by atoms with E-state index in [1.165, 1.54) is 17.7 Å². The van der Waals surface area contributed by atoms with Gasteiger partial charge in [0.25, 0.3) is 0 Å². The summed E-state index contributed by atoms with van der Waals surface area (Å²) in [6, 6.07) is 5.45. The summed E-state index contributed by atoms with van der Waals surface area (Å²) in [5, 5.41) is 10.1. The zero-order valence-electron chi connectivity index (χ0n) is 8.92. The lowest BCUT2D eigenvalue weighted by Gasteiger charge is -2.11. The lowest BCUT2D eigenvalue weighted by atomic mass is 9.94. The minimum absolute atomic E-state index is 0.428. The number of fused-ring (bicyclic) bond motifs is 3. The van der Waals surface area contributed by atoms with Crippen molar-refractivity contribution >= 4 is 16.9 Å². The second-order valence-electron chi connectivity index (χ2n) is 4.32. The number of benzene rings is 1. The molecule has 0 atom stereocenters. The third-order valence-electron chi connectivity index (χ3n) is 3.35. The summed E-state index contributed by atoms with van der Waals surface area (Å²) < 4.78 is 0. The smallest absolute Gasteiger partial charge is 0.336 e. The highest BCUT2D eigenvalue weighted by Gasteiger charge is 2.19. The molecule has 0 saturated heterocycles. The number of aromatic nitrogens is 1. The van der Waals surface area contributed by atoms with Crippen LogP contribution in [-0.4, -0.2) is 16.1 Å². The maximum atomic E-state index is 11.2. The van der Waals surface area contributed by atoms with Crippen molar-refractivity contribution in [2.45, 2.75) is 25.7 Å². The second kappa shape index (κ2) is 3.37. The van der Waals surface area contributed by atoms with Crippen LogP contribution < -0.4 is 0 Å². The van der Waals surface area contributed by atoms with Crippen LogP contribution in [0.4, 0.5) is 0 Å². The fraction of sp³-hybridized carbons (Fsp3) is 0.308. The monoisotopic (exact) mass is 215 g/mol. The van der Waals surface area contributed by atoms with Gasteiger partial charge in [-0.05, 0) is 43.4 Å². The van der Waals surface area contributed by atoms with Crippen LogP contribution in [0.25, 0.3) is 10.9 Å². The van der Waals surface area contributed by atoms with Gasteiger partial charge in [-0.3, -0.25) is 0 Å². The first-order valence-electron chi connectivity index (χ1n) is 5.63. The Kier molecular flexibility index (Phi) is 1.99. The Morgan fingerprint density at radius 1 is 1.25 bits per heavy atom. The van der Waals surface area contributed by atoms with Crippen molar-refractivity contribution in [2.24, 2.45) is 0 Å². The number of carbonyl (C=O) groups is 1. The summed E-state index contributed by atoms with van der Waals surface area (Å²) in [5.74, 6) is -0.835. The fourth-order valence-corrected chi connectivity index (χ4v) is 2.64. The number of H-pyrrole nitrogens is 1. The van der Waals surface area contributed by atoms with Gasteiger partial charge < -0.3 is 10.1 Å². The number of hydrogen-bond acceptors (Lipinski definition) is 1. The third-order valence-corrected chi connectivity index (χ3v) is 3.35. The first kappa shape index (κ1) is 9.46. The predicted octanol–water partition coefficient (Wildman–Crippen LogP) is 2.74. The number of aromatic amines is 1. The molecular weight excluding hydrogens is 202 g/mol. The van der Waals surface area contributed by atoms with Crippen molar-refractivity contribution in [1.29, 1.82) is 0 Å². The molecule has 1 aliphatic rings. The highest BCUT2D eigenvalue weighted by Crippen LogP contribution is 2.31. The molecule has 1 aromatic heterocycles. The average Bonchev–Trinajstić information content (AvgIpc) is 2.66. The highest BCUT2D eigenvalue weighted by atomic mass is 16.4. The van der Waals surface area contributed by atoms with Crippen LogP contribution in [0, 0.1) is 0 Å². The summed E-state index contributed by atoms with van der Waals surface area (Å²) >= 11 is 0. The van der Waals surface area contributed by atoms with Crippen LogP contribution >= 0.6 is 0 Å². The molecule has 3 heteroatoms. The Bertz CT molecular complexity index is 569. The zero-order valence-corrected chi connectivity index (χ0v) is 8.92. The van der Waals surface area contributed by atoms with Crippen LogP contribution in [0.2, 0.25) is 0 Å².